The highest BCUT2D eigenvalue weighted by Gasteiger charge is 2.20. The molecule has 0 saturated carbocycles. The van der Waals surface area contributed by atoms with E-state index in [0.29, 0.717) is 6.42 Å². The van der Waals surface area contributed by atoms with Gasteiger partial charge in [0.2, 0.25) is 11.8 Å². The molecule has 5 N–H and O–H groups in total. The topological polar surface area (TPSA) is 113 Å². The zero-order valence-corrected chi connectivity index (χ0v) is 9.69. The highest BCUT2D eigenvalue weighted by Crippen LogP contribution is 1.99. The molecule has 0 bridgehead atoms. The molecule has 7 heteroatoms. The number of carbonyl (C=O) groups excluding carboxylic acids is 2. The van der Waals surface area contributed by atoms with Crippen LogP contribution < -0.4 is 16.4 Å². The van der Waals surface area contributed by atoms with Gasteiger partial charge in [0.05, 0.1) is 6.33 Å². The lowest BCUT2D eigenvalue weighted by Crippen LogP contribution is -2.47. The molecule has 0 saturated heterocycles. The van der Waals surface area contributed by atoms with Crippen LogP contribution in [0, 0.1) is 0 Å². The van der Waals surface area contributed by atoms with Crippen LogP contribution in [-0.2, 0) is 16.0 Å². The molecule has 2 amide bonds. The van der Waals surface area contributed by atoms with Crippen molar-refractivity contribution >= 4 is 11.8 Å². The zero-order chi connectivity index (χ0) is 12.7. The van der Waals surface area contributed by atoms with Gasteiger partial charge in [-0.3, -0.25) is 9.59 Å². The predicted octanol–water partition coefficient (Wildman–Crippen LogP) is -1.47. The summed E-state index contributed by atoms with van der Waals surface area (Å²) in [7, 11) is 1.53. The van der Waals surface area contributed by atoms with E-state index in [1.807, 2.05) is 0 Å². The summed E-state index contributed by atoms with van der Waals surface area (Å²) in [6, 6.07) is -0.612. The number of rotatable bonds is 6. The maximum atomic E-state index is 11.6. The van der Waals surface area contributed by atoms with Crippen molar-refractivity contribution in [3.05, 3.63) is 18.2 Å². The van der Waals surface area contributed by atoms with Crippen molar-refractivity contribution in [3.8, 4) is 0 Å². The normalized spacial score (nSPS) is 11.9. The van der Waals surface area contributed by atoms with Crippen molar-refractivity contribution in [3.63, 3.8) is 0 Å². The Morgan fingerprint density at radius 3 is 2.88 bits per heavy atom. The summed E-state index contributed by atoms with van der Waals surface area (Å²) in [5, 5.41) is 5.13. The fraction of sp³-hybridized carbons (Fsp3) is 0.500. The van der Waals surface area contributed by atoms with Gasteiger partial charge >= 0.3 is 0 Å². The highest BCUT2D eigenvalue weighted by atomic mass is 16.2. The number of hydrogen-bond acceptors (Lipinski definition) is 4. The maximum Gasteiger partial charge on any atom is 0.242 e. The first kappa shape index (κ1) is 13.2. The first-order valence-electron chi connectivity index (χ1n) is 5.35. The van der Waals surface area contributed by atoms with Crippen LogP contribution in [0.1, 0.15) is 12.1 Å². The first-order valence-corrected chi connectivity index (χ1v) is 5.35. The van der Waals surface area contributed by atoms with Crippen LogP contribution in [0.2, 0.25) is 0 Å². The number of nitrogens with two attached hydrogens (primary N) is 1. The van der Waals surface area contributed by atoms with Gasteiger partial charge in [-0.25, -0.2) is 4.98 Å². The van der Waals surface area contributed by atoms with Gasteiger partial charge in [0.1, 0.15) is 6.04 Å². The van der Waals surface area contributed by atoms with E-state index in [1.54, 1.807) is 6.20 Å². The average molecular weight is 239 g/mol. The Labute approximate surface area is 99.2 Å². The minimum Gasteiger partial charge on any atom is -0.357 e. The molecule has 0 aliphatic carbocycles. The number of carbonyl (C=O) groups is 2. The Kier molecular flexibility index (Phi) is 5.15. The Balaban J connectivity index is 2.60. The monoisotopic (exact) mass is 239 g/mol. The van der Waals surface area contributed by atoms with Crippen molar-refractivity contribution < 1.29 is 9.59 Å². The summed E-state index contributed by atoms with van der Waals surface area (Å²) in [6.07, 6.45) is 3.72. The summed E-state index contributed by atoms with van der Waals surface area (Å²) < 4.78 is 0. The lowest BCUT2D eigenvalue weighted by Gasteiger charge is -2.16. The molecule has 0 spiro atoms. The van der Waals surface area contributed by atoms with Crippen molar-refractivity contribution in [2.45, 2.75) is 18.9 Å². The van der Waals surface area contributed by atoms with E-state index in [2.05, 4.69) is 20.6 Å². The van der Waals surface area contributed by atoms with Gasteiger partial charge in [0.25, 0.3) is 0 Å². The number of nitrogens with one attached hydrogen (secondary N) is 3. The van der Waals surface area contributed by atoms with E-state index in [1.165, 1.54) is 13.4 Å². The van der Waals surface area contributed by atoms with Gasteiger partial charge < -0.3 is 21.4 Å². The number of aromatic nitrogens is 2. The van der Waals surface area contributed by atoms with Crippen molar-refractivity contribution in [2.24, 2.45) is 5.73 Å². The van der Waals surface area contributed by atoms with Crippen LogP contribution in [0.25, 0.3) is 0 Å². The maximum absolute atomic E-state index is 11.6. The van der Waals surface area contributed by atoms with Gasteiger partial charge in [-0.2, -0.15) is 0 Å². The van der Waals surface area contributed by atoms with Crippen molar-refractivity contribution in [1.82, 2.24) is 20.6 Å². The van der Waals surface area contributed by atoms with E-state index in [9.17, 15) is 9.59 Å². The molecule has 1 heterocycles. The van der Waals surface area contributed by atoms with E-state index in [-0.39, 0.29) is 24.8 Å². The third-order valence-electron chi connectivity index (χ3n) is 2.25. The van der Waals surface area contributed by atoms with Gasteiger partial charge in [-0.15, -0.1) is 0 Å². The van der Waals surface area contributed by atoms with Crippen LogP contribution in [0.5, 0.6) is 0 Å². The molecule has 0 fully saturated rings. The lowest BCUT2D eigenvalue weighted by atomic mass is 10.1. The van der Waals surface area contributed by atoms with Crippen LogP contribution in [0.3, 0.4) is 0 Å². The lowest BCUT2D eigenvalue weighted by molar-refractivity contribution is -0.128. The molecule has 0 radical (unpaired) electrons. The summed E-state index contributed by atoms with van der Waals surface area (Å²) in [4.78, 5) is 29.7. The van der Waals surface area contributed by atoms with Gasteiger partial charge in [0, 0.05) is 38.3 Å². The Morgan fingerprint density at radius 2 is 2.35 bits per heavy atom. The van der Waals surface area contributed by atoms with E-state index in [4.69, 9.17) is 5.73 Å². The predicted molar refractivity (Wildman–Crippen MR) is 62.0 cm³/mol. The molecular formula is C10H17N5O2. The Morgan fingerprint density at radius 1 is 1.59 bits per heavy atom. The molecule has 1 aromatic heterocycles. The van der Waals surface area contributed by atoms with Crippen LogP contribution >= 0.6 is 0 Å². The molecule has 0 aromatic carbocycles. The fourth-order valence-electron chi connectivity index (χ4n) is 1.40. The third kappa shape index (κ3) is 4.23. The minimum absolute atomic E-state index is 0.205. The zero-order valence-electron chi connectivity index (χ0n) is 9.69. The standard InChI is InChI=1S/C10H17N5O2/c1-12-10(17)8(15-9(16)2-3-11)4-7-5-13-6-14-7/h5-6,8H,2-4,11H2,1H3,(H,12,17)(H,13,14)(H,15,16). The number of likely N-dealkylation sites (N-methyl/N-ethyl adjacent to an activating group) is 1. The molecule has 1 unspecified atom stereocenters. The quantitative estimate of drug-likeness (QED) is 0.485. The summed E-state index contributed by atoms with van der Waals surface area (Å²) in [5.41, 5.74) is 6.06. The largest absolute Gasteiger partial charge is 0.357 e. The molecule has 1 atom stereocenters. The van der Waals surface area contributed by atoms with Gasteiger partial charge in [-0.1, -0.05) is 0 Å². The number of imidazole rings is 1. The van der Waals surface area contributed by atoms with Crippen LogP contribution in [0.4, 0.5) is 0 Å². The number of H-pyrrole nitrogens is 1. The average Bonchev–Trinajstić information content (AvgIpc) is 2.80. The summed E-state index contributed by atoms with van der Waals surface area (Å²) in [5.74, 6) is -0.481. The molecule has 1 aromatic rings. The van der Waals surface area contributed by atoms with Gasteiger partial charge in [0.15, 0.2) is 0 Å². The summed E-state index contributed by atoms with van der Waals surface area (Å²) >= 11 is 0. The minimum atomic E-state index is -0.612. The van der Waals surface area contributed by atoms with E-state index < -0.39 is 6.04 Å². The van der Waals surface area contributed by atoms with Crippen molar-refractivity contribution in [2.75, 3.05) is 13.6 Å². The number of nitrogens with zero attached hydrogens (tertiary/aromatic N) is 1. The number of hydrogen-bond donors (Lipinski definition) is 4. The second-order valence-corrected chi connectivity index (χ2v) is 3.55. The second-order valence-electron chi connectivity index (χ2n) is 3.55. The Hall–Kier alpha value is -1.89. The first-order chi connectivity index (χ1) is 8.17. The summed E-state index contributed by atoms with van der Waals surface area (Å²) in [6.45, 7) is 0.260. The van der Waals surface area contributed by atoms with Crippen LogP contribution in [-0.4, -0.2) is 41.4 Å². The smallest absolute Gasteiger partial charge is 0.242 e. The molecule has 7 nitrogen and oxygen atoms in total. The molecule has 1 rings (SSSR count). The molecule has 17 heavy (non-hydrogen) atoms. The molecule has 0 aliphatic heterocycles. The van der Waals surface area contributed by atoms with Crippen LogP contribution in [0.15, 0.2) is 12.5 Å². The van der Waals surface area contributed by atoms with E-state index >= 15 is 0 Å². The second kappa shape index (κ2) is 6.64. The number of amides is 2. The molecular weight excluding hydrogens is 222 g/mol. The fourth-order valence-corrected chi connectivity index (χ4v) is 1.40. The molecule has 0 aliphatic rings. The molecule has 94 valence electrons. The Bertz CT molecular complexity index is 363. The van der Waals surface area contributed by atoms with Gasteiger partial charge in [-0.05, 0) is 0 Å². The SMILES string of the molecule is CNC(=O)C(Cc1cnc[nH]1)NC(=O)CCN. The van der Waals surface area contributed by atoms with Crippen molar-refractivity contribution in [1.29, 1.82) is 0 Å². The third-order valence-corrected chi connectivity index (χ3v) is 2.25. The highest BCUT2D eigenvalue weighted by molar-refractivity contribution is 5.87. The van der Waals surface area contributed by atoms with E-state index in [0.717, 1.165) is 5.69 Å². The number of aromatic amines is 1.